The van der Waals surface area contributed by atoms with Crippen LogP contribution in [0.25, 0.3) is 0 Å². The summed E-state index contributed by atoms with van der Waals surface area (Å²) in [5, 5.41) is 13.4. The van der Waals surface area contributed by atoms with Crippen LogP contribution in [-0.2, 0) is 14.8 Å². The highest BCUT2D eigenvalue weighted by Gasteiger charge is 2.20. The van der Waals surface area contributed by atoms with Gasteiger partial charge >= 0.3 is 0 Å². The molecule has 0 aliphatic carbocycles. The zero-order valence-corrected chi connectivity index (χ0v) is 17.6. The number of sulfonamides is 1. The first-order valence-electron chi connectivity index (χ1n) is 7.63. The van der Waals surface area contributed by atoms with Crippen molar-refractivity contribution in [2.75, 3.05) is 24.2 Å². The number of benzene rings is 2. The van der Waals surface area contributed by atoms with Gasteiger partial charge in [-0.15, -0.1) is 0 Å². The Bertz CT molecular complexity index is 946. The number of amides is 1. The molecule has 0 aliphatic rings. The van der Waals surface area contributed by atoms with Crippen LogP contribution in [0.4, 0.5) is 5.69 Å². The van der Waals surface area contributed by atoms with E-state index in [4.69, 9.17) is 4.74 Å². The van der Waals surface area contributed by atoms with Crippen LogP contribution in [0.15, 0.2) is 47.6 Å². The van der Waals surface area contributed by atoms with E-state index >= 15 is 0 Å². The predicted molar refractivity (Wildman–Crippen MR) is 112 cm³/mol. The summed E-state index contributed by atoms with van der Waals surface area (Å²) in [5.41, 5.74) is 3.26. The molecule has 0 aliphatic heterocycles. The molecule has 1 amide bonds. The molecule has 0 saturated heterocycles. The predicted octanol–water partition coefficient (Wildman–Crippen LogP) is 1.92. The smallest absolute Gasteiger partial charge is 0.260 e. The maximum atomic E-state index is 12.1. The number of rotatable bonds is 7. The van der Waals surface area contributed by atoms with Crippen molar-refractivity contribution >= 4 is 50.4 Å². The Balaban J connectivity index is 2.07. The number of nitrogens with zero attached hydrogens (tertiary/aromatic N) is 2. The van der Waals surface area contributed by atoms with Crippen molar-refractivity contribution in [2.24, 2.45) is 5.10 Å². The van der Waals surface area contributed by atoms with Crippen LogP contribution < -0.4 is 14.5 Å². The molecule has 0 saturated carbocycles. The number of hydrazone groups is 1. The minimum Gasteiger partial charge on any atom is -0.504 e. The number of hydrogen-bond donors (Lipinski definition) is 2. The summed E-state index contributed by atoms with van der Waals surface area (Å²) in [5.74, 6) is -0.340. The Morgan fingerprint density at radius 2 is 1.96 bits per heavy atom. The Morgan fingerprint density at radius 3 is 2.56 bits per heavy atom. The van der Waals surface area contributed by atoms with E-state index in [2.05, 4.69) is 33.1 Å². The Morgan fingerprint density at radius 1 is 1.30 bits per heavy atom. The van der Waals surface area contributed by atoms with Gasteiger partial charge in [-0.3, -0.25) is 9.10 Å². The quantitative estimate of drug-likeness (QED) is 0.341. The van der Waals surface area contributed by atoms with Gasteiger partial charge in [-0.1, -0.05) is 0 Å². The number of ether oxygens (including phenoxy) is 1. The monoisotopic (exact) mass is 503 g/mol. The second kappa shape index (κ2) is 9.04. The minimum absolute atomic E-state index is 0.0139. The summed E-state index contributed by atoms with van der Waals surface area (Å²) >= 11 is 2.11. The van der Waals surface area contributed by atoms with Crippen LogP contribution in [0.5, 0.6) is 11.5 Å². The largest absolute Gasteiger partial charge is 0.504 e. The number of nitrogens with one attached hydrogen (secondary N) is 1. The van der Waals surface area contributed by atoms with Gasteiger partial charge in [-0.25, -0.2) is 13.8 Å². The second-order valence-electron chi connectivity index (χ2n) is 5.47. The molecule has 0 unspecified atom stereocenters. The average Bonchev–Trinajstić information content (AvgIpc) is 2.61. The Labute approximate surface area is 171 Å². The van der Waals surface area contributed by atoms with E-state index in [1.165, 1.54) is 19.4 Å². The number of halogens is 1. The van der Waals surface area contributed by atoms with Crippen LogP contribution in [0, 0.1) is 3.57 Å². The Hall–Kier alpha value is -2.34. The minimum atomic E-state index is -3.64. The van der Waals surface area contributed by atoms with Crippen LogP contribution in [0.2, 0.25) is 0 Å². The van der Waals surface area contributed by atoms with Gasteiger partial charge in [0, 0.05) is 3.57 Å². The van der Waals surface area contributed by atoms with Crippen molar-refractivity contribution in [3.8, 4) is 11.5 Å². The fraction of sp³-hybridized carbons (Fsp3) is 0.176. The molecule has 0 atom stereocenters. The van der Waals surface area contributed by atoms with Crippen molar-refractivity contribution in [3.05, 3.63) is 51.6 Å². The molecule has 27 heavy (non-hydrogen) atoms. The lowest BCUT2D eigenvalue weighted by Gasteiger charge is -2.21. The maximum Gasteiger partial charge on any atom is 0.260 e. The van der Waals surface area contributed by atoms with E-state index in [-0.39, 0.29) is 11.5 Å². The number of anilines is 1. The molecule has 144 valence electrons. The summed E-state index contributed by atoms with van der Waals surface area (Å²) < 4.78 is 31.0. The molecular weight excluding hydrogens is 485 g/mol. The van der Waals surface area contributed by atoms with E-state index in [0.29, 0.717) is 11.3 Å². The van der Waals surface area contributed by atoms with Gasteiger partial charge in [-0.2, -0.15) is 5.10 Å². The maximum absolute atomic E-state index is 12.1. The summed E-state index contributed by atoms with van der Waals surface area (Å²) in [6.45, 7) is -0.407. The number of carbonyl (C=O) groups excluding carboxylic acids is 1. The SMILES string of the molecule is COc1cc(/C=N\NC(=O)CN(c2ccc(I)cc2)S(C)(=O)=O)ccc1O. The third-order valence-electron chi connectivity index (χ3n) is 3.41. The molecule has 0 radical (unpaired) electrons. The van der Waals surface area contributed by atoms with Gasteiger partial charge in [0.15, 0.2) is 11.5 Å². The van der Waals surface area contributed by atoms with E-state index in [1.807, 2.05) is 0 Å². The van der Waals surface area contributed by atoms with E-state index in [9.17, 15) is 18.3 Å². The fourth-order valence-corrected chi connectivity index (χ4v) is 3.34. The molecule has 0 bridgehead atoms. The molecule has 8 nitrogen and oxygen atoms in total. The number of methoxy groups -OCH3 is 1. The molecule has 2 aromatic rings. The lowest BCUT2D eigenvalue weighted by atomic mass is 10.2. The first-order valence-corrected chi connectivity index (χ1v) is 10.6. The molecule has 10 heteroatoms. The molecule has 0 heterocycles. The van der Waals surface area contributed by atoms with Gasteiger partial charge < -0.3 is 9.84 Å². The van der Waals surface area contributed by atoms with Gasteiger partial charge in [0.2, 0.25) is 10.0 Å². The molecule has 2 rings (SSSR count). The highest BCUT2D eigenvalue weighted by atomic mass is 127. The lowest BCUT2D eigenvalue weighted by Crippen LogP contribution is -2.39. The van der Waals surface area contributed by atoms with Crippen molar-refractivity contribution in [3.63, 3.8) is 0 Å². The van der Waals surface area contributed by atoms with Gasteiger partial charge in [-0.05, 0) is 70.6 Å². The van der Waals surface area contributed by atoms with Crippen molar-refractivity contribution < 1.29 is 23.1 Å². The van der Waals surface area contributed by atoms with Gasteiger partial charge in [0.05, 0.1) is 25.3 Å². The molecule has 2 N–H and O–H groups in total. The second-order valence-corrected chi connectivity index (χ2v) is 8.62. The Kier molecular flexibility index (Phi) is 7.02. The van der Waals surface area contributed by atoms with E-state index < -0.39 is 22.5 Å². The molecular formula is C17H18IN3O5S. The van der Waals surface area contributed by atoms with E-state index in [1.54, 1.807) is 36.4 Å². The number of phenolic OH excluding ortho intramolecular Hbond substituents is 1. The standard InChI is InChI=1S/C17H18IN3O5S/c1-26-16-9-12(3-8-15(16)22)10-19-20-17(23)11-21(27(2,24)25)14-6-4-13(18)5-7-14/h3-10,22H,11H2,1-2H3,(H,20,23)/b19-10-. The first-order chi connectivity index (χ1) is 12.7. The zero-order valence-electron chi connectivity index (χ0n) is 14.6. The summed E-state index contributed by atoms with van der Waals surface area (Å²) in [4.78, 5) is 12.1. The van der Waals surface area contributed by atoms with E-state index in [0.717, 1.165) is 14.1 Å². The summed E-state index contributed by atoms with van der Waals surface area (Å²) in [6, 6.07) is 11.3. The van der Waals surface area contributed by atoms with Crippen molar-refractivity contribution in [2.45, 2.75) is 0 Å². The molecule has 2 aromatic carbocycles. The van der Waals surface area contributed by atoms with Crippen molar-refractivity contribution in [1.29, 1.82) is 0 Å². The van der Waals surface area contributed by atoms with Crippen LogP contribution in [0.1, 0.15) is 5.56 Å². The van der Waals surface area contributed by atoms with Gasteiger partial charge in [0.1, 0.15) is 6.54 Å². The molecule has 0 aromatic heterocycles. The summed E-state index contributed by atoms with van der Waals surface area (Å²) in [7, 11) is -2.22. The number of hydrogen-bond acceptors (Lipinski definition) is 6. The normalized spacial score (nSPS) is 11.4. The van der Waals surface area contributed by atoms with Crippen LogP contribution in [-0.4, -0.2) is 45.6 Å². The third kappa shape index (κ3) is 6.10. The topological polar surface area (TPSA) is 108 Å². The van der Waals surface area contributed by atoms with Crippen LogP contribution >= 0.6 is 22.6 Å². The first kappa shape index (κ1) is 21.0. The number of aromatic hydroxyl groups is 1. The lowest BCUT2D eigenvalue weighted by molar-refractivity contribution is -0.119. The molecule has 0 fully saturated rings. The third-order valence-corrected chi connectivity index (χ3v) is 5.27. The average molecular weight is 503 g/mol. The molecule has 0 spiro atoms. The van der Waals surface area contributed by atoms with Crippen molar-refractivity contribution in [1.82, 2.24) is 5.43 Å². The number of carbonyl (C=O) groups is 1. The highest BCUT2D eigenvalue weighted by Crippen LogP contribution is 2.25. The number of phenols is 1. The zero-order chi connectivity index (χ0) is 20.0. The highest BCUT2D eigenvalue weighted by molar-refractivity contribution is 14.1. The van der Waals surface area contributed by atoms with Crippen LogP contribution in [0.3, 0.4) is 0 Å². The van der Waals surface area contributed by atoms with Gasteiger partial charge in [0.25, 0.3) is 5.91 Å². The fourth-order valence-electron chi connectivity index (χ4n) is 2.13. The summed E-state index contributed by atoms with van der Waals surface area (Å²) in [6.07, 6.45) is 2.39.